The fourth-order valence-electron chi connectivity index (χ4n) is 5.09. The van der Waals surface area contributed by atoms with Crippen LogP contribution in [-0.4, -0.2) is 83.7 Å². The number of halogens is 2. The van der Waals surface area contributed by atoms with Gasteiger partial charge < -0.3 is 47.7 Å². The summed E-state index contributed by atoms with van der Waals surface area (Å²) in [6.07, 6.45) is 6.95. The van der Waals surface area contributed by atoms with Crippen molar-refractivity contribution in [1.82, 2.24) is 19.7 Å². The van der Waals surface area contributed by atoms with Crippen LogP contribution >= 0.6 is 19.2 Å². The molecule has 2 heterocycles. The summed E-state index contributed by atoms with van der Waals surface area (Å²) in [5.74, 6) is -4.37. The molecule has 0 amide bonds. The molecule has 0 aliphatic carbocycles. The van der Waals surface area contributed by atoms with Crippen LogP contribution in [0.25, 0.3) is 11.3 Å². The topological polar surface area (TPSA) is 322 Å². The first-order valence-electron chi connectivity index (χ1n) is 17.4. The van der Waals surface area contributed by atoms with Gasteiger partial charge in [-0.15, -0.1) is 11.3 Å². The molecular formula is C35H48F2N9O9PS. The van der Waals surface area contributed by atoms with Gasteiger partial charge in [0.05, 0.1) is 28.9 Å². The van der Waals surface area contributed by atoms with Crippen LogP contribution in [0.4, 0.5) is 8.78 Å². The normalized spacial score (nSPS) is 13.8. The lowest BCUT2D eigenvalue weighted by Gasteiger charge is -2.38. The number of ether oxygens (including phenoxy) is 1. The van der Waals surface area contributed by atoms with E-state index in [1.165, 1.54) is 34.7 Å². The number of hydrogen-bond donors (Lipinski definition) is 8. The number of phosphoric acid groups is 1. The third-order valence-electron chi connectivity index (χ3n) is 8.26. The van der Waals surface area contributed by atoms with E-state index in [9.17, 15) is 28.3 Å². The van der Waals surface area contributed by atoms with Gasteiger partial charge in [-0.2, -0.15) is 10.4 Å². The minimum Gasteiger partial charge on any atom is -0.480 e. The minimum atomic E-state index is -4.93. The summed E-state index contributed by atoms with van der Waals surface area (Å²) in [7, 11) is -4.93. The SMILES string of the molecule is C[C@@H](c1nc(-c2ccc(C#N)cc2)cs1)[C@@](Cn1cncn1)(OCOP(=O)(O)O)c1ccc(F)cc1F.NCCCCC(N)C(=O)O.NCCCCC(N)C(=O)O. The van der Waals surface area contributed by atoms with Gasteiger partial charge in [0, 0.05) is 28.5 Å². The number of benzene rings is 2. The molecule has 2 aromatic carbocycles. The second-order valence-electron chi connectivity index (χ2n) is 12.4. The molecule has 0 aliphatic heterocycles. The summed E-state index contributed by atoms with van der Waals surface area (Å²) >= 11 is 1.25. The van der Waals surface area contributed by atoms with Gasteiger partial charge in [0.2, 0.25) is 0 Å². The van der Waals surface area contributed by atoms with Crippen molar-refractivity contribution >= 4 is 31.1 Å². The lowest BCUT2D eigenvalue weighted by molar-refractivity contribution is -0.141. The molecule has 0 aliphatic rings. The average molecular weight is 840 g/mol. The number of hydrogen-bond acceptors (Lipinski definition) is 14. The second-order valence-corrected chi connectivity index (χ2v) is 14.6. The number of nitrogens with two attached hydrogens (primary N) is 4. The van der Waals surface area contributed by atoms with E-state index in [4.69, 9.17) is 43.1 Å². The molecular weight excluding hydrogens is 791 g/mol. The highest BCUT2D eigenvalue weighted by Gasteiger charge is 2.45. The molecule has 4 aromatic rings. The minimum absolute atomic E-state index is 0.0960. The maximum Gasteiger partial charge on any atom is 0.471 e. The molecule has 312 valence electrons. The summed E-state index contributed by atoms with van der Waals surface area (Å²) in [5.41, 5.74) is 20.9. The fraction of sp³-hybridized carbons (Fsp3) is 0.429. The Balaban J connectivity index is 0.000000461. The molecule has 22 heteroatoms. The van der Waals surface area contributed by atoms with E-state index >= 15 is 4.39 Å². The molecule has 2 aromatic heterocycles. The van der Waals surface area contributed by atoms with Gasteiger partial charge in [-0.1, -0.05) is 38.0 Å². The molecule has 0 saturated heterocycles. The molecule has 0 spiro atoms. The van der Waals surface area contributed by atoms with Crippen molar-refractivity contribution in [3.63, 3.8) is 0 Å². The van der Waals surface area contributed by atoms with Crippen LogP contribution in [0, 0.1) is 23.0 Å². The third kappa shape index (κ3) is 16.4. The van der Waals surface area contributed by atoms with E-state index in [0.29, 0.717) is 48.3 Å². The van der Waals surface area contributed by atoms with Gasteiger partial charge in [-0.05, 0) is 57.0 Å². The zero-order valence-electron chi connectivity index (χ0n) is 31.1. The Morgan fingerprint density at radius 1 is 1.00 bits per heavy atom. The first-order valence-corrected chi connectivity index (χ1v) is 19.8. The van der Waals surface area contributed by atoms with Crippen LogP contribution in [-0.2, 0) is 35.6 Å². The highest BCUT2D eigenvalue weighted by Crippen LogP contribution is 2.46. The number of phosphoric ester groups is 1. The Labute approximate surface area is 331 Å². The number of thiazole rings is 1. The van der Waals surface area contributed by atoms with Crippen molar-refractivity contribution < 1.29 is 52.2 Å². The molecule has 0 radical (unpaired) electrons. The van der Waals surface area contributed by atoms with Crippen LogP contribution in [0.15, 0.2) is 60.5 Å². The predicted molar refractivity (Wildman–Crippen MR) is 205 cm³/mol. The fourth-order valence-corrected chi connectivity index (χ4v) is 6.25. The van der Waals surface area contributed by atoms with Gasteiger partial charge >= 0.3 is 19.8 Å². The number of carbonyl (C=O) groups is 2. The number of nitrogens with zero attached hydrogens (tertiary/aromatic N) is 5. The van der Waals surface area contributed by atoms with E-state index in [1.54, 1.807) is 36.6 Å². The quantitative estimate of drug-likeness (QED) is 0.0359. The van der Waals surface area contributed by atoms with Gasteiger partial charge in [-0.25, -0.2) is 28.0 Å². The van der Waals surface area contributed by atoms with Crippen LogP contribution in [0.2, 0.25) is 0 Å². The van der Waals surface area contributed by atoms with Gasteiger partial charge in [0.25, 0.3) is 0 Å². The van der Waals surface area contributed by atoms with Gasteiger partial charge in [-0.3, -0.25) is 14.1 Å². The first-order chi connectivity index (χ1) is 27.0. The maximum absolute atomic E-state index is 15.2. The lowest BCUT2D eigenvalue weighted by Crippen LogP contribution is -2.41. The van der Waals surface area contributed by atoms with Crippen molar-refractivity contribution in [2.45, 2.75) is 75.6 Å². The summed E-state index contributed by atoms with van der Waals surface area (Å²) in [6, 6.07) is 10.4. The largest absolute Gasteiger partial charge is 0.480 e. The Kier molecular flexibility index (Phi) is 20.7. The number of carboxylic acids is 2. The van der Waals surface area contributed by atoms with Crippen LogP contribution in [0.5, 0.6) is 0 Å². The molecule has 0 fully saturated rings. The Bertz CT molecular complexity index is 1890. The molecule has 57 heavy (non-hydrogen) atoms. The molecule has 4 rings (SSSR count). The molecule has 0 bridgehead atoms. The lowest BCUT2D eigenvalue weighted by atomic mass is 9.81. The number of aliphatic carboxylic acids is 2. The number of nitriles is 1. The number of unbranched alkanes of at least 4 members (excludes halogenated alkanes) is 2. The van der Waals surface area contributed by atoms with Crippen LogP contribution < -0.4 is 22.9 Å². The zero-order valence-corrected chi connectivity index (χ0v) is 32.8. The highest BCUT2D eigenvalue weighted by molar-refractivity contribution is 7.46. The van der Waals surface area contributed by atoms with Crippen LogP contribution in [0.1, 0.15) is 67.5 Å². The predicted octanol–water partition coefficient (Wildman–Crippen LogP) is 3.39. The van der Waals surface area contributed by atoms with E-state index in [2.05, 4.69) is 25.7 Å². The zero-order chi connectivity index (χ0) is 42.6. The van der Waals surface area contributed by atoms with Crippen LogP contribution in [0.3, 0.4) is 0 Å². The van der Waals surface area contributed by atoms with E-state index in [1.807, 2.05) is 0 Å². The van der Waals surface area contributed by atoms with Crippen molar-refractivity contribution in [2.75, 3.05) is 19.9 Å². The maximum atomic E-state index is 15.2. The summed E-state index contributed by atoms with van der Waals surface area (Å²) in [6.45, 7) is 1.82. The molecule has 0 saturated carbocycles. The first kappa shape index (κ1) is 48.6. The standard InChI is InChI=1S/C23H20F2N5O5PS.2C6H14N2O2/c1-15(22-29-21(10-37-22)17-4-2-16(9-26)3-5-17)23(11-30-13-27-12-28-30,34-14-35-36(31,32)33)19-7-6-18(24)8-20(19)25;2*7-4-2-1-3-5(8)6(9)10/h2-8,10,12-13,15H,11,14H2,1H3,(H2,31,32,33);2*5H,1-4,7-8H2,(H,9,10)/t15-,23+;;/m0../s1. The molecule has 2 unspecified atom stereocenters. The van der Waals surface area contributed by atoms with Crippen molar-refractivity contribution in [3.8, 4) is 17.3 Å². The van der Waals surface area contributed by atoms with E-state index in [0.717, 1.165) is 37.3 Å². The monoisotopic (exact) mass is 839 g/mol. The van der Waals surface area contributed by atoms with E-state index in [-0.39, 0.29) is 12.1 Å². The Morgan fingerprint density at radius 3 is 2.07 bits per heavy atom. The van der Waals surface area contributed by atoms with Gasteiger partial charge in [0.15, 0.2) is 6.79 Å². The van der Waals surface area contributed by atoms with E-state index < -0.39 is 61.8 Å². The van der Waals surface area contributed by atoms with Gasteiger partial charge in [0.1, 0.15) is 42.0 Å². The molecule has 12 N–H and O–H groups in total. The number of carboxylic acid groups (broad SMARTS) is 2. The van der Waals surface area contributed by atoms with Crippen molar-refractivity contribution in [1.29, 1.82) is 5.26 Å². The second kappa shape index (κ2) is 24.2. The Morgan fingerprint density at radius 2 is 1.60 bits per heavy atom. The summed E-state index contributed by atoms with van der Waals surface area (Å²) in [4.78, 5) is 47.2. The number of rotatable bonds is 20. The third-order valence-corrected chi connectivity index (χ3v) is 9.73. The number of aromatic nitrogens is 4. The van der Waals surface area contributed by atoms with Crippen molar-refractivity contribution in [3.05, 3.63) is 88.3 Å². The summed E-state index contributed by atoms with van der Waals surface area (Å²) in [5, 5.41) is 32.0. The average Bonchev–Trinajstić information content (AvgIpc) is 3.87. The molecule has 18 nitrogen and oxygen atoms in total. The highest BCUT2D eigenvalue weighted by atomic mass is 32.1. The smallest absolute Gasteiger partial charge is 0.471 e. The Hall–Kier alpha value is -4.59. The summed E-state index contributed by atoms with van der Waals surface area (Å²) < 4.78 is 52.2. The van der Waals surface area contributed by atoms with Crippen molar-refractivity contribution in [2.24, 2.45) is 22.9 Å². The molecule has 4 atom stereocenters.